The highest BCUT2D eigenvalue weighted by molar-refractivity contribution is 5.92. The van der Waals surface area contributed by atoms with Gasteiger partial charge >= 0.3 is 6.09 Å². The third-order valence-corrected chi connectivity index (χ3v) is 4.59. The summed E-state index contributed by atoms with van der Waals surface area (Å²) in [6, 6.07) is 12.5. The fourth-order valence-electron chi connectivity index (χ4n) is 3.04. The van der Waals surface area contributed by atoms with E-state index in [1.807, 2.05) is 30.3 Å². The molecule has 1 aliphatic carbocycles. The highest BCUT2D eigenvalue weighted by atomic mass is 16.6. The first kappa shape index (κ1) is 17.9. The zero-order valence-corrected chi connectivity index (χ0v) is 14.9. The third kappa shape index (κ3) is 4.59. The van der Waals surface area contributed by atoms with Gasteiger partial charge in [0.1, 0.15) is 0 Å². The summed E-state index contributed by atoms with van der Waals surface area (Å²) in [6.45, 7) is 0. The second kappa shape index (κ2) is 8.47. The number of ether oxygens (including phenoxy) is 1. The summed E-state index contributed by atoms with van der Waals surface area (Å²) in [6.07, 6.45) is 6.30. The van der Waals surface area contributed by atoms with Crippen molar-refractivity contribution in [1.82, 2.24) is 4.98 Å². The lowest BCUT2D eigenvalue weighted by Gasteiger charge is -2.20. The van der Waals surface area contributed by atoms with Crippen LogP contribution in [0.5, 0.6) is 5.88 Å². The molecule has 1 aromatic heterocycles. The second-order valence-corrected chi connectivity index (χ2v) is 6.47. The maximum atomic E-state index is 12.2. The third-order valence-electron chi connectivity index (χ3n) is 4.59. The highest BCUT2D eigenvalue weighted by Gasteiger charge is 2.21. The van der Waals surface area contributed by atoms with E-state index in [-0.39, 0.29) is 17.7 Å². The fraction of sp³-hybridized carbons (Fsp3) is 0.350. The van der Waals surface area contributed by atoms with Crippen molar-refractivity contribution < 1.29 is 14.3 Å². The van der Waals surface area contributed by atoms with Gasteiger partial charge in [0.15, 0.2) is 0 Å². The molecule has 3 rings (SSSR count). The monoisotopic (exact) mass is 353 g/mol. The number of pyridine rings is 1. The number of hydrogen-bond acceptors (Lipinski definition) is 4. The largest absolute Gasteiger partial charge is 0.420 e. The van der Waals surface area contributed by atoms with E-state index < -0.39 is 6.09 Å². The van der Waals surface area contributed by atoms with E-state index in [2.05, 4.69) is 10.3 Å². The van der Waals surface area contributed by atoms with Gasteiger partial charge in [-0.25, -0.2) is 9.78 Å². The maximum absolute atomic E-state index is 12.2. The van der Waals surface area contributed by atoms with Gasteiger partial charge in [-0.3, -0.25) is 9.69 Å². The van der Waals surface area contributed by atoms with Crippen molar-refractivity contribution >= 4 is 23.4 Å². The SMILES string of the molecule is CN(C(=O)Oc1ccc(NC(=O)C2CCCCC2)cn1)c1ccccc1. The Hall–Kier alpha value is -2.89. The van der Waals surface area contributed by atoms with Crippen LogP contribution in [-0.4, -0.2) is 24.0 Å². The van der Waals surface area contributed by atoms with Crippen LogP contribution in [-0.2, 0) is 4.79 Å². The van der Waals surface area contributed by atoms with Crippen LogP contribution in [0.4, 0.5) is 16.2 Å². The van der Waals surface area contributed by atoms with Gasteiger partial charge in [0.2, 0.25) is 11.8 Å². The first-order valence-electron chi connectivity index (χ1n) is 8.91. The summed E-state index contributed by atoms with van der Waals surface area (Å²) in [7, 11) is 1.64. The summed E-state index contributed by atoms with van der Waals surface area (Å²) >= 11 is 0. The summed E-state index contributed by atoms with van der Waals surface area (Å²) in [5.74, 6) is 0.314. The van der Waals surface area contributed by atoms with Crippen molar-refractivity contribution in [2.45, 2.75) is 32.1 Å². The summed E-state index contributed by atoms with van der Waals surface area (Å²) in [4.78, 5) is 29.9. The number of rotatable bonds is 4. The standard InChI is InChI=1S/C20H23N3O3/c1-23(17-10-6-3-7-11-17)20(25)26-18-13-12-16(14-21-18)22-19(24)15-8-4-2-5-9-15/h3,6-7,10-15H,2,4-5,8-9H2,1H3,(H,22,24). The van der Waals surface area contributed by atoms with Crippen molar-refractivity contribution in [3.8, 4) is 5.88 Å². The smallest absolute Gasteiger partial charge is 0.391 e. The molecule has 6 nitrogen and oxygen atoms in total. The number of nitrogens with one attached hydrogen (secondary N) is 1. The van der Waals surface area contributed by atoms with Gasteiger partial charge in [-0.15, -0.1) is 0 Å². The number of aromatic nitrogens is 1. The lowest BCUT2D eigenvalue weighted by atomic mass is 9.88. The van der Waals surface area contributed by atoms with Crippen molar-refractivity contribution in [3.05, 3.63) is 48.7 Å². The molecule has 0 saturated heterocycles. The lowest BCUT2D eigenvalue weighted by Crippen LogP contribution is -2.29. The molecular formula is C20H23N3O3. The number of para-hydroxylation sites is 1. The number of amides is 2. The first-order chi connectivity index (χ1) is 12.6. The Kier molecular flexibility index (Phi) is 5.84. The minimum absolute atomic E-state index is 0.0417. The minimum Gasteiger partial charge on any atom is -0.391 e. The fourth-order valence-corrected chi connectivity index (χ4v) is 3.04. The molecule has 0 spiro atoms. The van der Waals surface area contributed by atoms with Crippen molar-refractivity contribution in [2.24, 2.45) is 5.92 Å². The quantitative estimate of drug-likeness (QED) is 0.892. The number of carbonyl (C=O) groups excluding carboxylic acids is 2. The Morgan fingerprint density at radius 3 is 2.46 bits per heavy atom. The lowest BCUT2D eigenvalue weighted by molar-refractivity contribution is -0.120. The molecular weight excluding hydrogens is 330 g/mol. The first-order valence-corrected chi connectivity index (χ1v) is 8.91. The van der Waals surface area contributed by atoms with Gasteiger partial charge in [0, 0.05) is 24.7 Å². The number of nitrogens with zero attached hydrogens (tertiary/aromatic N) is 2. The molecule has 1 heterocycles. The van der Waals surface area contributed by atoms with Crippen LogP contribution in [0.1, 0.15) is 32.1 Å². The van der Waals surface area contributed by atoms with E-state index in [1.165, 1.54) is 17.5 Å². The van der Waals surface area contributed by atoms with Crippen LogP contribution in [0.15, 0.2) is 48.7 Å². The van der Waals surface area contributed by atoms with E-state index in [0.29, 0.717) is 5.69 Å². The number of hydrogen-bond donors (Lipinski definition) is 1. The summed E-state index contributed by atoms with van der Waals surface area (Å²) in [5, 5.41) is 2.89. The maximum Gasteiger partial charge on any atom is 0.420 e. The zero-order chi connectivity index (χ0) is 18.4. The van der Waals surface area contributed by atoms with Gasteiger partial charge in [-0.1, -0.05) is 37.5 Å². The second-order valence-electron chi connectivity index (χ2n) is 6.47. The Morgan fingerprint density at radius 2 is 1.81 bits per heavy atom. The highest BCUT2D eigenvalue weighted by Crippen LogP contribution is 2.25. The minimum atomic E-state index is -0.525. The topological polar surface area (TPSA) is 71.5 Å². The molecule has 0 atom stereocenters. The molecule has 1 aromatic carbocycles. The molecule has 26 heavy (non-hydrogen) atoms. The Bertz CT molecular complexity index is 741. The molecule has 0 radical (unpaired) electrons. The predicted molar refractivity (Wildman–Crippen MR) is 100 cm³/mol. The van der Waals surface area contributed by atoms with Gasteiger partial charge in [-0.2, -0.15) is 0 Å². The zero-order valence-electron chi connectivity index (χ0n) is 14.9. The van der Waals surface area contributed by atoms with E-state index in [1.54, 1.807) is 19.2 Å². The Morgan fingerprint density at radius 1 is 1.08 bits per heavy atom. The number of carbonyl (C=O) groups is 2. The van der Waals surface area contributed by atoms with Crippen molar-refractivity contribution in [2.75, 3.05) is 17.3 Å². The average molecular weight is 353 g/mol. The number of anilines is 2. The molecule has 2 aromatic rings. The van der Waals surface area contributed by atoms with Crippen LogP contribution in [0, 0.1) is 5.92 Å². The molecule has 0 bridgehead atoms. The van der Waals surface area contributed by atoms with Crippen LogP contribution < -0.4 is 15.0 Å². The van der Waals surface area contributed by atoms with Crippen molar-refractivity contribution in [1.29, 1.82) is 0 Å². The van der Waals surface area contributed by atoms with E-state index >= 15 is 0 Å². The van der Waals surface area contributed by atoms with Crippen LogP contribution in [0.3, 0.4) is 0 Å². The molecule has 2 amide bonds. The van der Waals surface area contributed by atoms with E-state index in [4.69, 9.17) is 4.74 Å². The molecule has 6 heteroatoms. The Balaban J connectivity index is 1.55. The molecule has 1 fully saturated rings. The molecule has 0 aliphatic heterocycles. The van der Waals surface area contributed by atoms with Gasteiger partial charge in [-0.05, 0) is 31.0 Å². The van der Waals surface area contributed by atoms with Gasteiger partial charge < -0.3 is 10.1 Å². The molecule has 136 valence electrons. The normalized spacial score (nSPS) is 14.5. The molecule has 0 unspecified atom stereocenters. The van der Waals surface area contributed by atoms with Crippen LogP contribution in [0.25, 0.3) is 0 Å². The number of benzene rings is 1. The molecule has 1 saturated carbocycles. The molecule has 1 N–H and O–H groups in total. The van der Waals surface area contributed by atoms with E-state index in [0.717, 1.165) is 31.4 Å². The van der Waals surface area contributed by atoms with Crippen LogP contribution in [0.2, 0.25) is 0 Å². The summed E-state index contributed by atoms with van der Waals surface area (Å²) in [5.41, 5.74) is 1.34. The van der Waals surface area contributed by atoms with Crippen molar-refractivity contribution in [3.63, 3.8) is 0 Å². The van der Waals surface area contributed by atoms with E-state index in [9.17, 15) is 9.59 Å². The predicted octanol–water partition coefficient (Wildman–Crippen LogP) is 4.24. The van der Waals surface area contributed by atoms with Crippen LogP contribution >= 0.6 is 0 Å². The van der Waals surface area contributed by atoms with Gasteiger partial charge in [0.05, 0.1) is 11.9 Å². The Labute approximate surface area is 153 Å². The van der Waals surface area contributed by atoms with Gasteiger partial charge in [0.25, 0.3) is 0 Å². The molecule has 1 aliphatic rings. The summed E-state index contributed by atoms with van der Waals surface area (Å²) < 4.78 is 5.27. The average Bonchev–Trinajstić information content (AvgIpc) is 2.70.